The van der Waals surface area contributed by atoms with E-state index < -0.39 is 0 Å². The molecule has 0 aromatic heterocycles. The molecule has 28 heavy (non-hydrogen) atoms. The van der Waals surface area contributed by atoms with Crippen molar-refractivity contribution in [2.24, 2.45) is 0 Å². The molecule has 3 amide bonds. The Morgan fingerprint density at radius 3 is 2.25 bits per heavy atom. The van der Waals surface area contributed by atoms with Gasteiger partial charge in [0.1, 0.15) is 5.75 Å². The van der Waals surface area contributed by atoms with Gasteiger partial charge < -0.3 is 20.6 Å². The summed E-state index contributed by atoms with van der Waals surface area (Å²) in [5.74, 6) is -0.798. The third-order valence-electron chi connectivity index (χ3n) is 4.77. The van der Waals surface area contributed by atoms with Crippen LogP contribution in [-0.4, -0.2) is 53.4 Å². The smallest absolute Gasteiger partial charge is 0.255 e. The number of piperidine rings is 1. The number of nitrogens with one attached hydrogen (secondary N) is 2. The van der Waals surface area contributed by atoms with E-state index in [2.05, 4.69) is 10.6 Å². The van der Waals surface area contributed by atoms with Crippen molar-refractivity contribution in [1.29, 1.82) is 0 Å². The monoisotopic (exact) mass is 381 g/mol. The van der Waals surface area contributed by atoms with Gasteiger partial charge in [0.05, 0.1) is 12.1 Å². The van der Waals surface area contributed by atoms with Gasteiger partial charge in [-0.2, -0.15) is 0 Å². The molecule has 3 N–H and O–H groups in total. The Balaban J connectivity index is 1.43. The second-order valence-corrected chi connectivity index (χ2v) is 6.69. The number of amides is 3. The van der Waals surface area contributed by atoms with Gasteiger partial charge in [-0.3, -0.25) is 14.4 Å². The van der Waals surface area contributed by atoms with Crippen LogP contribution in [0, 0.1) is 0 Å². The number of carbonyl (C=O) groups is 3. The SMILES string of the molecule is O=C(NCC(=O)N1CCC(NC(=O)c2ccccc2O)CC1)c1ccccc1. The fourth-order valence-corrected chi connectivity index (χ4v) is 3.16. The largest absolute Gasteiger partial charge is 0.507 e. The third kappa shape index (κ3) is 4.88. The summed E-state index contributed by atoms with van der Waals surface area (Å²) in [5.41, 5.74) is 0.755. The molecule has 0 spiro atoms. The number of benzene rings is 2. The molecule has 0 bridgehead atoms. The lowest BCUT2D eigenvalue weighted by molar-refractivity contribution is -0.131. The molecule has 3 rings (SSSR count). The highest BCUT2D eigenvalue weighted by molar-refractivity contribution is 5.97. The molecule has 2 aromatic carbocycles. The van der Waals surface area contributed by atoms with Gasteiger partial charge in [0.25, 0.3) is 11.8 Å². The molecule has 2 aromatic rings. The standard InChI is InChI=1S/C21H23N3O4/c25-18-9-5-4-8-17(18)21(28)23-16-10-12-24(13-11-16)19(26)14-22-20(27)15-6-2-1-3-7-15/h1-9,16,25H,10-14H2,(H,22,27)(H,23,28). The van der Waals surface area contributed by atoms with Gasteiger partial charge >= 0.3 is 0 Å². The first-order valence-electron chi connectivity index (χ1n) is 9.24. The fraction of sp³-hybridized carbons (Fsp3) is 0.286. The first kappa shape index (κ1) is 19.4. The molecule has 0 unspecified atom stereocenters. The summed E-state index contributed by atoms with van der Waals surface area (Å²) < 4.78 is 0. The van der Waals surface area contributed by atoms with Gasteiger partial charge in [0.15, 0.2) is 0 Å². The van der Waals surface area contributed by atoms with Crippen molar-refractivity contribution >= 4 is 17.7 Å². The van der Waals surface area contributed by atoms with Crippen LogP contribution in [0.2, 0.25) is 0 Å². The molecule has 7 nitrogen and oxygen atoms in total. The van der Waals surface area contributed by atoms with Gasteiger partial charge in [-0.25, -0.2) is 0 Å². The van der Waals surface area contributed by atoms with Crippen LogP contribution in [0.4, 0.5) is 0 Å². The molecule has 146 valence electrons. The number of rotatable bonds is 5. The lowest BCUT2D eigenvalue weighted by Crippen LogP contribution is -2.49. The quantitative estimate of drug-likeness (QED) is 0.732. The maximum absolute atomic E-state index is 12.3. The summed E-state index contributed by atoms with van der Waals surface area (Å²) in [6.07, 6.45) is 1.25. The highest BCUT2D eigenvalue weighted by atomic mass is 16.3. The van der Waals surface area contributed by atoms with E-state index in [-0.39, 0.29) is 41.6 Å². The zero-order valence-corrected chi connectivity index (χ0v) is 15.4. The number of hydrogen-bond donors (Lipinski definition) is 3. The summed E-state index contributed by atoms with van der Waals surface area (Å²) in [5, 5.41) is 15.3. The van der Waals surface area contributed by atoms with Gasteiger partial charge in [0.2, 0.25) is 5.91 Å². The van der Waals surface area contributed by atoms with E-state index in [1.807, 2.05) is 6.07 Å². The lowest BCUT2D eigenvalue weighted by Gasteiger charge is -2.32. The number of para-hydroxylation sites is 1. The zero-order valence-electron chi connectivity index (χ0n) is 15.4. The van der Waals surface area contributed by atoms with Crippen LogP contribution >= 0.6 is 0 Å². The van der Waals surface area contributed by atoms with Gasteiger partial charge in [-0.15, -0.1) is 0 Å². The number of aromatic hydroxyl groups is 1. The molecule has 1 aliphatic rings. The topological polar surface area (TPSA) is 98.7 Å². The van der Waals surface area contributed by atoms with Crippen LogP contribution in [0.5, 0.6) is 5.75 Å². The van der Waals surface area contributed by atoms with Crippen molar-refractivity contribution in [1.82, 2.24) is 15.5 Å². The van der Waals surface area contributed by atoms with Crippen LogP contribution in [0.3, 0.4) is 0 Å². The Hall–Kier alpha value is -3.35. The predicted molar refractivity (Wildman–Crippen MR) is 104 cm³/mol. The molecule has 1 aliphatic heterocycles. The summed E-state index contributed by atoms with van der Waals surface area (Å²) in [7, 11) is 0. The first-order chi connectivity index (χ1) is 13.5. The maximum Gasteiger partial charge on any atom is 0.255 e. The highest BCUT2D eigenvalue weighted by Crippen LogP contribution is 2.17. The van der Waals surface area contributed by atoms with Crippen molar-refractivity contribution in [3.8, 4) is 5.75 Å². The van der Waals surface area contributed by atoms with E-state index >= 15 is 0 Å². The van der Waals surface area contributed by atoms with Gasteiger partial charge in [0, 0.05) is 24.7 Å². The van der Waals surface area contributed by atoms with Crippen LogP contribution in [0.15, 0.2) is 54.6 Å². The Morgan fingerprint density at radius 1 is 0.929 bits per heavy atom. The van der Waals surface area contributed by atoms with Crippen LogP contribution in [0.25, 0.3) is 0 Å². The summed E-state index contributed by atoms with van der Waals surface area (Å²) in [6.45, 7) is 0.958. The minimum Gasteiger partial charge on any atom is -0.507 e. The number of hydrogen-bond acceptors (Lipinski definition) is 4. The number of phenolic OH excluding ortho intramolecular Hbond substituents is 1. The van der Waals surface area contributed by atoms with E-state index in [4.69, 9.17) is 0 Å². The average Bonchev–Trinajstić information content (AvgIpc) is 2.73. The highest BCUT2D eigenvalue weighted by Gasteiger charge is 2.25. The van der Waals surface area contributed by atoms with E-state index in [1.165, 1.54) is 6.07 Å². The summed E-state index contributed by atoms with van der Waals surface area (Å²) in [4.78, 5) is 38.3. The van der Waals surface area contributed by atoms with Crippen molar-refractivity contribution in [2.45, 2.75) is 18.9 Å². The minimum absolute atomic E-state index is 0.0529. The molecule has 1 saturated heterocycles. The van der Waals surface area contributed by atoms with E-state index in [0.29, 0.717) is 31.5 Å². The number of carbonyl (C=O) groups excluding carboxylic acids is 3. The molecule has 0 aliphatic carbocycles. The summed E-state index contributed by atoms with van der Waals surface area (Å²) >= 11 is 0. The van der Waals surface area contributed by atoms with E-state index in [9.17, 15) is 19.5 Å². The van der Waals surface area contributed by atoms with Crippen molar-refractivity contribution in [2.75, 3.05) is 19.6 Å². The number of likely N-dealkylation sites (tertiary alicyclic amines) is 1. The second kappa shape index (κ2) is 9.03. The van der Waals surface area contributed by atoms with Gasteiger partial charge in [-0.05, 0) is 37.1 Å². The molecular weight excluding hydrogens is 358 g/mol. The average molecular weight is 381 g/mol. The molecule has 1 fully saturated rings. The van der Waals surface area contributed by atoms with Gasteiger partial charge in [-0.1, -0.05) is 30.3 Å². The molecule has 0 atom stereocenters. The lowest BCUT2D eigenvalue weighted by atomic mass is 10.0. The van der Waals surface area contributed by atoms with Crippen molar-refractivity contribution in [3.63, 3.8) is 0 Å². The number of phenols is 1. The Morgan fingerprint density at radius 2 is 1.57 bits per heavy atom. The molecule has 7 heteroatoms. The van der Waals surface area contributed by atoms with Crippen LogP contribution in [0.1, 0.15) is 33.6 Å². The predicted octanol–water partition coefficient (Wildman–Crippen LogP) is 1.54. The van der Waals surface area contributed by atoms with Crippen molar-refractivity contribution < 1.29 is 19.5 Å². The third-order valence-corrected chi connectivity index (χ3v) is 4.77. The van der Waals surface area contributed by atoms with Crippen LogP contribution < -0.4 is 10.6 Å². The zero-order chi connectivity index (χ0) is 19.9. The minimum atomic E-state index is -0.321. The second-order valence-electron chi connectivity index (χ2n) is 6.69. The fourth-order valence-electron chi connectivity index (χ4n) is 3.16. The molecule has 0 radical (unpaired) electrons. The maximum atomic E-state index is 12.3. The van der Waals surface area contributed by atoms with Crippen LogP contribution in [-0.2, 0) is 4.79 Å². The normalized spacial score (nSPS) is 14.4. The molecule has 0 saturated carbocycles. The first-order valence-corrected chi connectivity index (χ1v) is 9.24. The Kier molecular flexibility index (Phi) is 6.26. The Bertz CT molecular complexity index is 846. The molecule has 1 heterocycles. The van der Waals surface area contributed by atoms with Crippen molar-refractivity contribution in [3.05, 3.63) is 65.7 Å². The van der Waals surface area contributed by atoms with E-state index in [1.54, 1.807) is 47.4 Å². The Labute approximate surface area is 163 Å². The molecular formula is C21H23N3O4. The number of nitrogens with zero attached hydrogens (tertiary/aromatic N) is 1. The van der Waals surface area contributed by atoms with E-state index in [0.717, 1.165) is 0 Å². The summed E-state index contributed by atoms with van der Waals surface area (Å²) in [6, 6.07) is 15.1.